The lowest BCUT2D eigenvalue weighted by molar-refractivity contribution is -0.187. The van der Waals surface area contributed by atoms with Crippen LogP contribution in [0, 0.1) is 12.8 Å². The third kappa shape index (κ3) is 5.06. The minimum Gasteiger partial charge on any atom is -0.465 e. The number of hydrogen-bond donors (Lipinski definition) is 0. The van der Waals surface area contributed by atoms with E-state index in [2.05, 4.69) is 0 Å². The first-order valence-corrected chi connectivity index (χ1v) is 10.3. The molecule has 0 amide bonds. The molecule has 164 valence electrons. The van der Waals surface area contributed by atoms with Crippen molar-refractivity contribution >= 4 is 5.97 Å². The number of esters is 1. The van der Waals surface area contributed by atoms with Gasteiger partial charge in [-0.25, -0.2) is 4.79 Å². The van der Waals surface area contributed by atoms with Crippen LogP contribution in [-0.2, 0) is 22.6 Å². The Morgan fingerprint density at radius 3 is 2.53 bits per heavy atom. The summed E-state index contributed by atoms with van der Waals surface area (Å²) in [6, 6.07) is 9.69. The summed E-state index contributed by atoms with van der Waals surface area (Å²) in [4.78, 5) is 12.2. The highest BCUT2D eigenvalue weighted by Gasteiger charge is 2.47. The fourth-order valence-corrected chi connectivity index (χ4v) is 4.44. The van der Waals surface area contributed by atoms with Crippen molar-refractivity contribution in [2.24, 2.45) is 5.92 Å². The van der Waals surface area contributed by atoms with Crippen molar-refractivity contribution in [1.82, 2.24) is 4.57 Å². The first-order valence-electron chi connectivity index (χ1n) is 10.3. The molecule has 30 heavy (non-hydrogen) atoms. The van der Waals surface area contributed by atoms with Crippen LogP contribution >= 0.6 is 0 Å². The van der Waals surface area contributed by atoms with Gasteiger partial charge in [-0.05, 0) is 30.9 Å². The summed E-state index contributed by atoms with van der Waals surface area (Å²) >= 11 is 0. The summed E-state index contributed by atoms with van der Waals surface area (Å²) in [6.45, 7) is 2.85. The van der Waals surface area contributed by atoms with E-state index in [1.54, 1.807) is 17.7 Å². The molecular weight excluding hydrogens is 395 g/mol. The third-order valence-corrected chi connectivity index (χ3v) is 5.91. The number of ether oxygens (including phenoxy) is 2. The van der Waals surface area contributed by atoms with E-state index in [1.165, 1.54) is 7.11 Å². The second-order valence-corrected chi connectivity index (χ2v) is 7.82. The number of halogens is 3. The maximum Gasteiger partial charge on any atom is 0.392 e. The van der Waals surface area contributed by atoms with Crippen LogP contribution in [0.15, 0.2) is 36.5 Å². The fourth-order valence-electron chi connectivity index (χ4n) is 4.44. The Kier molecular flexibility index (Phi) is 7.23. The van der Waals surface area contributed by atoms with Crippen molar-refractivity contribution in [3.05, 3.63) is 58.9 Å². The molecule has 1 saturated carbocycles. The summed E-state index contributed by atoms with van der Waals surface area (Å²) in [5.41, 5.74) is 2.51. The van der Waals surface area contributed by atoms with Crippen molar-refractivity contribution in [3.8, 4) is 0 Å². The van der Waals surface area contributed by atoms with Gasteiger partial charge >= 0.3 is 12.1 Å². The van der Waals surface area contributed by atoms with Crippen LogP contribution in [0.3, 0.4) is 0 Å². The Morgan fingerprint density at radius 2 is 1.87 bits per heavy atom. The molecule has 1 aromatic carbocycles. The first-order chi connectivity index (χ1) is 14.3. The van der Waals surface area contributed by atoms with Crippen LogP contribution in [0.2, 0.25) is 0 Å². The van der Waals surface area contributed by atoms with Crippen LogP contribution in [0.4, 0.5) is 13.2 Å². The van der Waals surface area contributed by atoms with Crippen LogP contribution in [0.25, 0.3) is 0 Å². The second-order valence-electron chi connectivity index (χ2n) is 7.82. The number of benzene rings is 1. The topological polar surface area (TPSA) is 40.5 Å². The standard InChI is InChI=1S/C23H28F3NO3/c1-16-19(22(28)29-2)14-27(12-13-30-15-17-8-4-3-5-9-17)21(16)18-10-6-7-11-20(18)23(24,25)26/h3-5,8-9,14,18,20H,6-7,10-13,15H2,1-2H3. The molecular formula is C23H28F3NO3. The van der Waals surface area contributed by atoms with Gasteiger partial charge in [0, 0.05) is 24.4 Å². The van der Waals surface area contributed by atoms with Crippen molar-refractivity contribution in [3.63, 3.8) is 0 Å². The molecule has 3 rings (SSSR count). The van der Waals surface area contributed by atoms with Crippen LogP contribution in [0.5, 0.6) is 0 Å². The summed E-state index contributed by atoms with van der Waals surface area (Å²) in [7, 11) is 1.28. The Bertz CT molecular complexity index is 845. The minimum atomic E-state index is -4.26. The minimum absolute atomic E-state index is 0.122. The van der Waals surface area contributed by atoms with E-state index < -0.39 is 24.0 Å². The Morgan fingerprint density at radius 1 is 1.17 bits per heavy atom. The second kappa shape index (κ2) is 9.69. The van der Waals surface area contributed by atoms with Gasteiger partial charge in [0.05, 0.1) is 31.8 Å². The Hall–Kier alpha value is -2.28. The zero-order valence-electron chi connectivity index (χ0n) is 17.4. The number of carbonyl (C=O) groups excluding carboxylic acids is 1. The van der Waals surface area contributed by atoms with Gasteiger partial charge in [-0.1, -0.05) is 43.2 Å². The largest absolute Gasteiger partial charge is 0.465 e. The molecule has 0 aliphatic heterocycles. The average Bonchev–Trinajstić information content (AvgIpc) is 3.06. The Balaban J connectivity index is 1.83. The van der Waals surface area contributed by atoms with Gasteiger partial charge in [-0.15, -0.1) is 0 Å². The normalized spacial score (nSPS) is 19.6. The monoisotopic (exact) mass is 423 g/mol. The molecule has 1 aliphatic carbocycles. The molecule has 4 nitrogen and oxygen atoms in total. The number of aromatic nitrogens is 1. The van der Waals surface area contributed by atoms with E-state index in [-0.39, 0.29) is 6.42 Å². The fraction of sp³-hybridized carbons (Fsp3) is 0.522. The Labute approximate surface area is 175 Å². The number of methoxy groups -OCH3 is 1. The summed E-state index contributed by atoms with van der Waals surface area (Å²) < 4.78 is 53.6. The highest BCUT2D eigenvalue weighted by atomic mass is 19.4. The van der Waals surface area contributed by atoms with E-state index in [1.807, 2.05) is 30.3 Å². The predicted octanol–water partition coefficient (Wildman–Crippen LogP) is 5.64. The lowest BCUT2D eigenvalue weighted by atomic mass is 9.76. The molecule has 0 saturated heterocycles. The van der Waals surface area contributed by atoms with E-state index in [0.717, 1.165) is 12.0 Å². The van der Waals surface area contributed by atoms with Gasteiger partial charge < -0.3 is 14.0 Å². The quantitative estimate of drug-likeness (QED) is 0.428. The first kappa shape index (κ1) is 22.4. The zero-order valence-corrected chi connectivity index (χ0v) is 17.4. The van der Waals surface area contributed by atoms with Gasteiger partial charge in [-0.2, -0.15) is 13.2 Å². The highest BCUT2D eigenvalue weighted by molar-refractivity contribution is 5.91. The number of rotatable bonds is 7. The van der Waals surface area contributed by atoms with Crippen LogP contribution < -0.4 is 0 Å². The van der Waals surface area contributed by atoms with Crippen molar-refractivity contribution in [2.45, 2.75) is 57.9 Å². The molecule has 2 unspecified atom stereocenters. The van der Waals surface area contributed by atoms with E-state index >= 15 is 0 Å². The summed E-state index contributed by atoms with van der Waals surface area (Å²) in [5.74, 6) is -2.59. The van der Waals surface area contributed by atoms with E-state index in [9.17, 15) is 18.0 Å². The smallest absolute Gasteiger partial charge is 0.392 e. The maximum absolute atomic E-state index is 13.7. The van der Waals surface area contributed by atoms with E-state index in [0.29, 0.717) is 49.4 Å². The maximum atomic E-state index is 13.7. The van der Waals surface area contributed by atoms with Gasteiger partial charge in [0.2, 0.25) is 0 Å². The van der Waals surface area contributed by atoms with E-state index in [4.69, 9.17) is 9.47 Å². The van der Waals surface area contributed by atoms with Crippen molar-refractivity contribution in [1.29, 1.82) is 0 Å². The molecule has 1 aliphatic rings. The molecule has 2 atom stereocenters. The van der Waals surface area contributed by atoms with Crippen LogP contribution in [0.1, 0.15) is 58.8 Å². The number of nitrogens with zero attached hydrogens (tertiary/aromatic N) is 1. The highest BCUT2D eigenvalue weighted by Crippen LogP contribution is 2.47. The average molecular weight is 423 g/mol. The van der Waals surface area contributed by atoms with Gasteiger partial charge in [0.15, 0.2) is 0 Å². The van der Waals surface area contributed by atoms with Gasteiger partial charge in [-0.3, -0.25) is 0 Å². The lowest BCUT2D eigenvalue weighted by Gasteiger charge is -2.34. The lowest BCUT2D eigenvalue weighted by Crippen LogP contribution is -2.33. The molecule has 0 spiro atoms. The number of carbonyl (C=O) groups is 1. The number of hydrogen-bond acceptors (Lipinski definition) is 3. The third-order valence-electron chi connectivity index (χ3n) is 5.91. The van der Waals surface area contributed by atoms with Crippen molar-refractivity contribution < 1.29 is 27.4 Å². The van der Waals surface area contributed by atoms with Gasteiger partial charge in [0.1, 0.15) is 0 Å². The molecule has 1 fully saturated rings. The van der Waals surface area contributed by atoms with Gasteiger partial charge in [0.25, 0.3) is 0 Å². The SMILES string of the molecule is COC(=O)c1cn(CCOCc2ccccc2)c(C2CCCCC2C(F)(F)F)c1C. The molecule has 0 radical (unpaired) electrons. The zero-order chi connectivity index (χ0) is 21.7. The van der Waals surface area contributed by atoms with Crippen molar-refractivity contribution in [2.75, 3.05) is 13.7 Å². The molecule has 1 heterocycles. The summed E-state index contributed by atoms with van der Waals surface area (Å²) in [6.07, 6.45) is -0.742. The predicted molar refractivity (Wildman–Crippen MR) is 107 cm³/mol. The molecule has 0 N–H and O–H groups in total. The molecule has 1 aromatic heterocycles. The molecule has 2 aromatic rings. The molecule has 0 bridgehead atoms. The molecule has 7 heteroatoms. The number of alkyl halides is 3. The summed E-state index contributed by atoms with van der Waals surface area (Å²) in [5, 5.41) is 0. The van der Waals surface area contributed by atoms with Crippen LogP contribution in [-0.4, -0.2) is 30.4 Å².